The van der Waals surface area contributed by atoms with E-state index in [1.807, 2.05) is 0 Å². The van der Waals surface area contributed by atoms with Crippen LogP contribution in [0.3, 0.4) is 0 Å². The maximum Gasteiger partial charge on any atom is 0.318 e. The van der Waals surface area contributed by atoms with Gasteiger partial charge in [-0.3, -0.25) is 0 Å². The summed E-state index contributed by atoms with van der Waals surface area (Å²) in [6.45, 7) is 1.22. The van der Waals surface area contributed by atoms with Crippen LogP contribution < -0.4 is 10.0 Å². The molecule has 0 radical (unpaired) electrons. The van der Waals surface area contributed by atoms with Crippen molar-refractivity contribution in [2.24, 2.45) is 0 Å². The van der Waals surface area contributed by atoms with Gasteiger partial charge in [0.2, 0.25) is 10.0 Å². The predicted molar refractivity (Wildman–Crippen MR) is 78.1 cm³/mol. The maximum atomic E-state index is 12.2. The fraction of sp³-hybridized carbons (Fsp3) is 0.615. The molecule has 1 aromatic rings. The standard InChI is InChI=1S/C13H21N3O4S/c1-21(18,19)15-9-11-5-2-3-7-16(11)13(17)14-10-12-6-4-8-20-12/h4,6,8,11,15H,2-3,5,7,9-10H2,1H3,(H,14,17)/t11-/m0/s1. The molecule has 8 heteroatoms. The SMILES string of the molecule is CS(=O)(=O)NC[C@@H]1CCCCN1C(=O)NCc1ccco1. The second kappa shape index (κ2) is 6.95. The van der Waals surface area contributed by atoms with Gasteiger partial charge in [-0.15, -0.1) is 0 Å². The summed E-state index contributed by atoms with van der Waals surface area (Å²) in [5.74, 6) is 0.686. The normalized spacial score (nSPS) is 19.5. The van der Waals surface area contributed by atoms with Gasteiger partial charge in [-0.25, -0.2) is 17.9 Å². The number of nitrogens with one attached hydrogen (secondary N) is 2. The van der Waals surface area contributed by atoms with Crippen LogP contribution in [-0.4, -0.2) is 44.7 Å². The van der Waals surface area contributed by atoms with Crippen molar-refractivity contribution in [3.05, 3.63) is 24.2 Å². The van der Waals surface area contributed by atoms with Gasteiger partial charge in [0.15, 0.2) is 0 Å². The van der Waals surface area contributed by atoms with Crippen molar-refractivity contribution in [3.8, 4) is 0 Å². The number of carbonyl (C=O) groups is 1. The smallest absolute Gasteiger partial charge is 0.318 e. The minimum Gasteiger partial charge on any atom is -0.467 e. The molecule has 1 aromatic heterocycles. The van der Waals surface area contributed by atoms with Gasteiger partial charge >= 0.3 is 6.03 Å². The lowest BCUT2D eigenvalue weighted by Crippen LogP contribution is -2.52. The zero-order valence-corrected chi connectivity index (χ0v) is 12.9. The number of urea groups is 1. The summed E-state index contributed by atoms with van der Waals surface area (Å²) in [5.41, 5.74) is 0. The molecule has 2 rings (SSSR count). The molecule has 2 N–H and O–H groups in total. The Morgan fingerprint density at radius 2 is 2.29 bits per heavy atom. The van der Waals surface area contributed by atoms with E-state index in [1.54, 1.807) is 23.3 Å². The highest BCUT2D eigenvalue weighted by Crippen LogP contribution is 2.17. The Morgan fingerprint density at radius 3 is 2.95 bits per heavy atom. The van der Waals surface area contributed by atoms with Crippen LogP contribution in [0.1, 0.15) is 25.0 Å². The molecular formula is C13H21N3O4S. The number of carbonyl (C=O) groups excluding carboxylic acids is 1. The van der Waals surface area contributed by atoms with Crippen molar-refractivity contribution < 1.29 is 17.6 Å². The largest absolute Gasteiger partial charge is 0.467 e. The maximum absolute atomic E-state index is 12.2. The van der Waals surface area contributed by atoms with Crippen molar-refractivity contribution in [2.75, 3.05) is 19.3 Å². The lowest BCUT2D eigenvalue weighted by molar-refractivity contribution is 0.151. The molecule has 2 amide bonds. The van der Waals surface area contributed by atoms with E-state index in [2.05, 4.69) is 10.0 Å². The predicted octanol–water partition coefficient (Wildman–Crippen LogP) is 0.893. The third kappa shape index (κ3) is 5.05. The number of amides is 2. The number of furan rings is 1. The van der Waals surface area contributed by atoms with Gasteiger partial charge in [-0.2, -0.15) is 0 Å². The van der Waals surface area contributed by atoms with E-state index in [0.29, 0.717) is 18.8 Å². The fourth-order valence-corrected chi connectivity index (χ4v) is 2.90. The van der Waals surface area contributed by atoms with Crippen molar-refractivity contribution in [1.82, 2.24) is 14.9 Å². The van der Waals surface area contributed by atoms with Crippen LogP contribution in [0.25, 0.3) is 0 Å². The van der Waals surface area contributed by atoms with Crippen LogP contribution in [0.2, 0.25) is 0 Å². The molecule has 21 heavy (non-hydrogen) atoms. The van der Waals surface area contributed by atoms with Gasteiger partial charge in [0.1, 0.15) is 5.76 Å². The highest BCUT2D eigenvalue weighted by atomic mass is 32.2. The fourth-order valence-electron chi connectivity index (χ4n) is 2.41. The number of hydrogen-bond acceptors (Lipinski definition) is 4. The lowest BCUT2D eigenvalue weighted by atomic mass is 10.0. The molecule has 0 aromatic carbocycles. The Balaban J connectivity index is 1.89. The summed E-state index contributed by atoms with van der Waals surface area (Å²) in [6.07, 6.45) is 5.41. The third-order valence-electron chi connectivity index (χ3n) is 3.46. The van der Waals surface area contributed by atoms with E-state index in [9.17, 15) is 13.2 Å². The molecule has 118 valence electrons. The van der Waals surface area contributed by atoms with Gasteiger partial charge in [0.25, 0.3) is 0 Å². The minimum atomic E-state index is -3.24. The summed E-state index contributed by atoms with van der Waals surface area (Å²) in [5, 5.41) is 2.80. The first-order chi connectivity index (χ1) is 9.96. The molecule has 0 aliphatic carbocycles. The number of sulfonamides is 1. The van der Waals surface area contributed by atoms with E-state index in [1.165, 1.54) is 0 Å². The molecule has 1 atom stereocenters. The lowest BCUT2D eigenvalue weighted by Gasteiger charge is -2.35. The van der Waals surface area contributed by atoms with Gasteiger partial charge in [-0.05, 0) is 31.4 Å². The molecule has 2 heterocycles. The zero-order chi connectivity index (χ0) is 15.3. The molecule has 1 saturated heterocycles. The molecule has 0 saturated carbocycles. The number of nitrogens with zero attached hydrogens (tertiary/aromatic N) is 1. The molecule has 7 nitrogen and oxygen atoms in total. The Hall–Kier alpha value is -1.54. The molecule has 1 aliphatic rings. The highest BCUT2D eigenvalue weighted by molar-refractivity contribution is 7.88. The first kappa shape index (κ1) is 15.8. The average molecular weight is 315 g/mol. The molecular weight excluding hydrogens is 294 g/mol. The average Bonchev–Trinajstić information content (AvgIpc) is 2.95. The zero-order valence-electron chi connectivity index (χ0n) is 12.0. The van der Waals surface area contributed by atoms with Crippen LogP contribution in [0.4, 0.5) is 4.79 Å². The second-order valence-corrected chi connectivity index (χ2v) is 7.03. The van der Waals surface area contributed by atoms with Crippen molar-refractivity contribution >= 4 is 16.1 Å². The van der Waals surface area contributed by atoms with Gasteiger partial charge in [0.05, 0.1) is 19.1 Å². The summed E-state index contributed by atoms with van der Waals surface area (Å²) < 4.78 is 30.0. The van der Waals surface area contributed by atoms with Gasteiger partial charge in [0, 0.05) is 19.1 Å². The van der Waals surface area contributed by atoms with E-state index in [-0.39, 0.29) is 18.6 Å². The van der Waals surface area contributed by atoms with E-state index < -0.39 is 10.0 Å². The Labute approximate surface area is 124 Å². The first-order valence-corrected chi connectivity index (χ1v) is 8.86. The van der Waals surface area contributed by atoms with Crippen LogP contribution in [-0.2, 0) is 16.6 Å². The molecule has 0 unspecified atom stereocenters. The molecule has 0 bridgehead atoms. The van der Waals surface area contributed by atoms with E-state index in [4.69, 9.17) is 4.42 Å². The van der Waals surface area contributed by atoms with Crippen LogP contribution in [0, 0.1) is 0 Å². The van der Waals surface area contributed by atoms with Crippen molar-refractivity contribution in [1.29, 1.82) is 0 Å². The van der Waals surface area contributed by atoms with E-state index >= 15 is 0 Å². The van der Waals surface area contributed by atoms with Crippen molar-refractivity contribution in [3.63, 3.8) is 0 Å². The monoisotopic (exact) mass is 315 g/mol. The molecule has 1 aliphatic heterocycles. The van der Waals surface area contributed by atoms with E-state index in [0.717, 1.165) is 25.5 Å². The van der Waals surface area contributed by atoms with Gasteiger partial charge in [-0.1, -0.05) is 0 Å². The topological polar surface area (TPSA) is 91.7 Å². The van der Waals surface area contributed by atoms with Crippen LogP contribution in [0.5, 0.6) is 0 Å². The quantitative estimate of drug-likeness (QED) is 0.844. The Morgan fingerprint density at radius 1 is 1.48 bits per heavy atom. The highest BCUT2D eigenvalue weighted by Gasteiger charge is 2.27. The number of rotatable bonds is 5. The number of hydrogen-bond donors (Lipinski definition) is 2. The Bertz CT molecular complexity index is 556. The summed E-state index contributed by atoms with van der Waals surface area (Å²) in [4.78, 5) is 13.9. The molecule has 0 spiro atoms. The van der Waals surface area contributed by atoms with Gasteiger partial charge < -0.3 is 14.6 Å². The Kier molecular flexibility index (Phi) is 5.24. The summed E-state index contributed by atoms with van der Waals surface area (Å²) >= 11 is 0. The number of piperidine rings is 1. The summed E-state index contributed by atoms with van der Waals surface area (Å²) in [6, 6.07) is 3.26. The van der Waals surface area contributed by atoms with Crippen molar-refractivity contribution in [2.45, 2.75) is 31.8 Å². The second-order valence-electron chi connectivity index (χ2n) is 5.20. The number of likely N-dealkylation sites (tertiary alicyclic amines) is 1. The van der Waals surface area contributed by atoms with Crippen LogP contribution >= 0.6 is 0 Å². The first-order valence-electron chi connectivity index (χ1n) is 6.97. The summed E-state index contributed by atoms with van der Waals surface area (Å²) in [7, 11) is -3.24. The third-order valence-corrected chi connectivity index (χ3v) is 4.15. The molecule has 1 fully saturated rings. The van der Waals surface area contributed by atoms with Crippen LogP contribution in [0.15, 0.2) is 22.8 Å². The minimum absolute atomic E-state index is 0.106.